The number of aliphatic hydroxyl groups is 1. The van der Waals surface area contributed by atoms with Gasteiger partial charge in [-0.2, -0.15) is 0 Å². The first-order chi connectivity index (χ1) is 5.97. The molecule has 1 atom stereocenters. The van der Waals surface area contributed by atoms with Crippen molar-refractivity contribution >= 4 is 9.84 Å². The van der Waals surface area contributed by atoms with E-state index in [1.165, 1.54) is 6.26 Å². The standard InChI is InChI=1S/C8H17NO3S/c1-13(11,12)6-2-4-9-5-3-8(10)7-9/h8,10H,2-7H2,1H3. The van der Waals surface area contributed by atoms with E-state index in [9.17, 15) is 13.5 Å². The number of β-amino-alcohol motifs (C(OH)–C–C–N with tert-alkyl or cyclic N) is 1. The molecule has 4 nitrogen and oxygen atoms in total. The van der Waals surface area contributed by atoms with Crippen LogP contribution in [0, 0.1) is 0 Å². The summed E-state index contributed by atoms with van der Waals surface area (Å²) in [6.45, 7) is 2.37. The minimum Gasteiger partial charge on any atom is -0.392 e. The van der Waals surface area contributed by atoms with Crippen molar-refractivity contribution in [2.45, 2.75) is 18.9 Å². The molecule has 0 radical (unpaired) electrons. The average molecular weight is 207 g/mol. The van der Waals surface area contributed by atoms with Gasteiger partial charge in [0, 0.05) is 19.3 Å². The molecular formula is C8H17NO3S. The maximum absolute atomic E-state index is 10.8. The van der Waals surface area contributed by atoms with E-state index in [2.05, 4.69) is 4.90 Å². The van der Waals surface area contributed by atoms with Gasteiger partial charge in [0.25, 0.3) is 0 Å². The minimum absolute atomic E-state index is 0.210. The summed E-state index contributed by atoms with van der Waals surface area (Å²) in [6.07, 6.45) is 2.54. The van der Waals surface area contributed by atoms with E-state index in [0.717, 1.165) is 19.5 Å². The third-order valence-corrected chi connectivity index (χ3v) is 3.27. The lowest BCUT2D eigenvalue weighted by Gasteiger charge is -2.13. The smallest absolute Gasteiger partial charge is 0.147 e. The third-order valence-electron chi connectivity index (χ3n) is 2.24. The van der Waals surface area contributed by atoms with Crippen molar-refractivity contribution in [1.82, 2.24) is 4.90 Å². The summed E-state index contributed by atoms with van der Waals surface area (Å²) in [5, 5.41) is 9.20. The summed E-state index contributed by atoms with van der Waals surface area (Å²) < 4.78 is 21.6. The largest absolute Gasteiger partial charge is 0.392 e. The molecule has 1 saturated heterocycles. The topological polar surface area (TPSA) is 57.6 Å². The molecule has 0 spiro atoms. The van der Waals surface area contributed by atoms with Crippen molar-refractivity contribution in [3.63, 3.8) is 0 Å². The molecule has 1 fully saturated rings. The van der Waals surface area contributed by atoms with Gasteiger partial charge in [-0.3, -0.25) is 0 Å². The molecule has 1 aliphatic heterocycles. The molecule has 0 amide bonds. The Labute approximate surface area is 79.5 Å². The van der Waals surface area contributed by atoms with Gasteiger partial charge in [-0.15, -0.1) is 0 Å². The zero-order chi connectivity index (χ0) is 9.90. The highest BCUT2D eigenvalue weighted by molar-refractivity contribution is 7.90. The number of aliphatic hydroxyl groups excluding tert-OH is 1. The van der Waals surface area contributed by atoms with Crippen LogP contribution in [0.1, 0.15) is 12.8 Å². The van der Waals surface area contributed by atoms with Gasteiger partial charge in [0.1, 0.15) is 9.84 Å². The van der Waals surface area contributed by atoms with Crippen molar-refractivity contribution in [3.8, 4) is 0 Å². The van der Waals surface area contributed by atoms with E-state index in [1.54, 1.807) is 0 Å². The molecule has 0 aromatic heterocycles. The van der Waals surface area contributed by atoms with Crippen LogP contribution in [-0.4, -0.2) is 56.2 Å². The fraction of sp³-hybridized carbons (Fsp3) is 1.00. The van der Waals surface area contributed by atoms with Crippen molar-refractivity contribution < 1.29 is 13.5 Å². The molecule has 0 saturated carbocycles. The highest BCUT2D eigenvalue weighted by Gasteiger charge is 2.19. The Balaban J connectivity index is 2.14. The van der Waals surface area contributed by atoms with Crippen LogP contribution in [0.4, 0.5) is 0 Å². The first-order valence-electron chi connectivity index (χ1n) is 4.55. The van der Waals surface area contributed by atoms with Gasteiger partial charge in [0.05, 0.1) is 11.9 Å². The summed E-state index contributed by atoms with van der Waals surface area (Å²) >= 11 is 0. The normalized spacial score (nSPS) is 25.2. The molecule has 1 aliphatic rings. The van der Waals surface area contributed by atoms with Crippen molar-refractivity contribution in [2.75, 3.05) is 31.6 Å². The summed E-state index contributed by atoms with van der Waals surface area (Å²) in [5.74, 6) is 0.250. The predicted octanol–water partition coefficient (Wildman–Crippen LogP) is -0.512. The number of rotatable bonds is 4. The van der Waals surface area contributed by atoms with Gasteiger partial charge in [0.2, 0.25) is 0 Å². The van der Waals surface area contributed by atoms with Crippen LogP contribution in [0.25, 0.3) is 0 Å². The van der Waals surface area contributed by atoms with Crippen molar-refractivity contribution in [1.29, 1.82) is 0 Å². The lowest BCUT2D eigenvalue weighted by molar-refractivity contribution is 0.176. The molecule has 1 unspecified atom stereocenters. The molecule has 0 aliphatic carbocycles. The van der Waals surface area contributed by atoms with Crippen LogP contribution in [0.5, 0.6) is 0 Å². The molecule has 1 N–H and O–H groups in total. The fourth-order valence-electron chi connectivity index (χ4n) is 1.57. The Morgan fingerprint density at radius 1 is 1.54 bits per heavy atom. The Kier molecular flexibility index (Phi) is 3.70. The van der Waals surface area contributed by atoms with Gasteiger partial charge < -0.3 is 10.0 Å². The van der Waals surface area contributed by atoms with Gasteiger partial charge in [-0.1, -0.05) is 0 Å². The monoisotopic (exact) mass is 207 g/mol. The second-order valence-corrected chi connectivity index (χ2v) is 5.99. The molecule has 0 bridgehead atoms. The number of likely N-dealkylation sites (tertiary alicyclic amines) is 1. The fourth-order valence-corrected chi connectivity index (χ4v) is 2.22. The Bertz CT molecular complexity index is 250. The predicted molar refractivity (Wildman–Crippen MR) is 51.4 cm³/mol. The zero-order valence-electron chi connectivity index (χ0n) is 7.94. The Hall–Kier alpha value is -0.130. The van der Waals surface area contributed by atoms with Crippen LogP contribution >= 0.6 is 0 Å². The molecule has 5 heteroatoms. The van der Waals surface area contributed by atoms with E-state index in [4.69, 9.17) is 0 Å². The lowest BCUT2D eigenvalue weighted by Crippen LogP contribution is -2.24. The van der Waals surface area contributed by atoms with E-state index < -0.39 is 9.84 Å². The summed E-state index contributed by atoms with van der Waals surface area (Å²) in [6, 6.07) is 0. The second-order valence-electron chi connectivity index (χ2n) is 3.73. The maximum atomic E-state index is 10.8. The average Bonchev–Trinajstić information content (AvgIpc) is 2.33. The van der Waals surface area contributed by atoms with Crippen molar-refractivity contribution in [2.24, 2.45) is 0 Å². The second kappa shape index (κ2) is 4.39. The number of hydrogen-bond acceptors (Lipinski definition) is 4. The van der Waals surface area contributed by atoms with Gasteiger partial charge in [-0.05, 0) is 19.4 Å². The number of sulfone groups is 1. The van der Waals surface area contributed by atoms with Crippen LogP contribution in [0.15, 0.2) is 0 Å². The third kappa shape index (κ3) is 4.59. The van der Waals surface area contributed by atoms with Gasteiger partial charge >= 0.3 is 0 Å². The SMILES string of the molecule is CS(=O)(=O)CCCN1CCC(O)C1. The number of nitrogens with zero attached hydrogens (tertiary/aromatic N) is 1. The van der Waals surface area contributed by atoms with Crippen molar-refractivity contribution in [3.05, 3.63) is 0 Å². The van der Waals surface area contributed by atoms with Crippen LogP contribution in [0.2, 0.25) is 0 Å². The highest BCUT2D eigenvalue weighted by Crippen LogP contribution is 2.08. The van der Waals surface area contributed by atoms with Crippen LogP contribution in [0.3, 0.4) is 0 Å². The highest BCUT2D eigenvalue weighted by atomic mass is 32.2. The molecule has 0 aromatic rings. The molecule has 0 aromatic carbocycles. The van der Waals surface area contributed by atoms with Gasteiger partial charge in [0.15, 0.2) is 0 Å². The van der Waals surface area contributed by atoms with E-state index >= 15 is 0 Å². The molecule has 13 heavy (non-hydrogen) atoms. The van der Waals surface area contributed by atoms with Crippen LogP contribution in [-0.2, 0) is 9.84 Å². The van der Waals surface area contributed by atoms with E-state index in [-0.39, 0.29) is 11.9 Å². The molecule has 78 valence electrons. The number of hydrogen-bond donors (Lipinski definition) is 1. The first kappa shape index (κ1) is 10.9. The lowest BCUT2D eigenvalue weighted by atomic mass is 10.3. The zero-order valence-corrected chi connectivity index (χ0v) is 8.76. The first-order valence-corrected chi connectivity index (χ1v) is 6.61. The maximum Gasteiger partial charge on any atom is 0.147 e. The molecule has 1 rings (SSSR count). The molecule has 1 heterocycles. The molecular weight excluding hydrogens is 190 g/mol. The minimum atomic E-state index is -2.82. The summed E-state index contributed by atoms with van der Waals surface area (Å²) in [4.78, 5) is 2.11. The summed E-state index contributed by atoms with van der Waals surface area (Å²) in [5.41, 5.74) is 0. The Morgan fingerprint density at radius 2 is 2.23 bits per heavy atom. The van der Waals surface area contributed by atoms with Gasteiger partial charge in [-0.25, -0.2) is 8.42 Å². The quantitative estimate of drug-likeness (QED) is 0.674. The summed E-state index contributed by atoms with van der Waals surface area (Å²) in [7, 11) is -2.82. The van der Waals surface area contributed by atoms with Crippen LogP contribution < -0.4 is 0 Å². The van der Waals surface area contributed by atoms with E-state index in [1.807, 2.05) is 0 Å². The van der Waals surface area contributed by atoms with E-state index in [0.29, 0.717) is 13.0 Å². The Morgan fingerprint density at radius 3 is 2.69 bits per heavy atom.